The van der Waals surface area contributed by atoms with Crippen molar-refractivity contribution in [3.63, 3.8) is 0 Å². The maximum Gasteiger partial charge on any atom is 0.123 e. The van der Waals surface area contributed by atoms with Gasteiger partial charge >= 0.3 is 0 Å². The number of benzene rings is 2. The summed E-state index contributed by atoms with van der Waals surface area (Å²) in [6.45, 7) is 2.21. The second-order valence-corrected chi connectivity index (χ2v) is 6.51. The topological polar surface area (TPSA) is 15.8 Å². The molecule has 0 saturated carbocycles. The average molecular weight is 314 g/mol. The van der Waals surface area contributed by atoms with E-state index in [0.717, 1.165) is 35.4 Å². The molecule has 1 nitrogen and oxygen atoms in total. The summed E-state index contributed by atoms with van der Waals surface area (Å²) in [7, 11) is 0. The largest absolute Gasteiger partial charge is 0.360 e. The molecule has 1 N–H and O–H groups in total. The number of hydrogen-bond acceptors (Lipinski definition) is 0. The minimum Gasteiger partial charge on any atom is -0.360 e. The van der Waals surface area contributed by atoms with Crippen molar-refractivity contribution < 1.29 is 4.39 Å². The van der Waals surface area contributed by atoms with Gasteiger partial charge in [0.05, 0.1) is 10.5 Å². The molecule has 1 unspecified atom stereocenters. The van der Waals surface area contributed by atoms with Crippen LogP contribution in [0.4, 0.5) is 4.39 Å². The third-order valence-electron chi connectivity index (χ3n) is 5.19. The highest BCUT2D eigenvalue weighted by Crippen LogP contribution is 2.49. The van der Waals surface area contributed by atoms with Crippen LogP contribution in [-0.4, -0.2) is 4.98 Å². The molecule has 2 aromatic carbocycles. The van der Waals surface area contributed by atoms with E-state index in [1.807, 2.05) is 18.2 Å². The van der Waals surface area contributed by atoms with Gasteiger partial charge < -0.3 is 4.98 Å². The van der Waals surface area contributed by atoms with Crippen molar-refractivity contribution in [1.29, 1.82) is 0 Å². The second-order valence-electron chi connectivity index (χ2n) is 6.10. The lowest BCUT2D eigenvalue weighted by molar-refractivity contribution is 0.496. The Morgan fingerprint density at radius 1 is 1.23 bits per heavy atom. The summed E-state index contributed by atoms with van der Waals surface area (Å²) in [5, 5.41) is 1.92. The van der Waals surface area contributed by atoms with E-state index in [0.29, 0.717) is 0 Å². The number of aromatic amines is 1. The Labute approximate surface area is 134 Å². The number of rotatable bonds is 2. The van der Waals surface area contributed by atoms with Crippen molar-refractivity contribution in [3.8, 4) is 0 Å². The van der Waals surface area contributed by atoms with Gasteiger partial charge in [-0.05, 0) is 54.2 Å². The quantitative estimate of drug-likeness (QED) is 0.633. The maximum atomic E-state index is 13.5. The van der Waals surface area contributed by atoms with E-state index in [-0.39, 0.29) is 11.2 Å². The van der Waals surface area contributed by atoms with Gasteiger partial charge in [0.15, 0.2) is 0 Å². The van der Waals surface area contributed by atoms with Gasteiger partial charge in [-0.2, -0.15) is 0 Å². The second kappa shape index (κ2) is 4.85. The van der Waals surface area contributed by atoms with Gasteiger partial charge in [0.1, 0.15) is 5.82 Å². The van der Waals surface area contributed by atoms with Crippen LogP contribution in [0.3, 0.4) is 0 Å². The first kappa shape index (κ1) is 13.8. The third-order valence-corrected chi connectivity index (χ3v) is 5.50. The monoisotopic (exact) mass is 313 g/mol. The Hall–Kier alpha value is -1.80. The van der Waals surface area contributed by atoms with E-state index in [1.165, 1.54) is 16.5 Å². The van der Waals surface area contributed by atoms with Gasteiger partial charge in [0.25, 0.3) is 0 Å². The number of aryl methyl sites for hydroxylation is 1. The van der Waals surface area contributed by atoms with Gasteiger partial charge in [-0.15, -0.1) is 0 Å². The number of para-hydroxylation sites is 1. The molecule has 22 heavy (non-hydrogen) atoms. The van der Waals surface area contributed by atoms with Gasteiger partial charge in [-0.25, -0.2) is 4.39 Å². The summed E-state index contributed by atoms with van der Waals surface area (Å²) < 4.78 is 13.5. The van der Waals surface area contributed by atoms with E-state index in [4.69, 9.17) is 11.6 Å². The molecule has 112 valence electrons. The Balaban J connectivity index is 1.99. The number of H-pyrrole nitrogens is 1. The minimum atomic E-state index is -0.146. The number of fused-ring (bicyclic) bond motifs is 2. The average Bonchev–Trinajstić information content (AvgIpc) is 3.10. The Morgan fingerprint density at radius 2 is 2.09 bits per heavy atom. The minimum absolute atomic E-state index is 0.0496. The van der Waals surface area contributed by atoms with Gasteiger partial charge in [-0.1, -0.05) is 36.7 Å². The summed E-state index contributed by atoms with van der Waals surface area (Å²) in [4.78, 5) is 3.33. The molecule has 0 fully saturated rings. The first-order valence-electron chi connectivity index (χ1n) is 7.71. The molecule has 3 aromatic rings. The molecule has 1 heterocycles. The van der Waals surface area contributed by atoms with Gasteiger partial charge in [-0.3, -0.25) is 0 Å². The van der Waals surface area contributed by atoms with E-state index in [1.54, 1.807) is 12.1 Å². The fourth-order valence-corrected chi connectivity index (χ4v) is 4.30. The zero-order valence-corrected chi connectivity index (χ0v) is 13.2. The molecule has 4 rings (SSSR count). The summed E-state index contributed by atoms with van der Waals surface area (Å²) >= 11 is 6.31. The van der Waals surface area contributed by atoms with Crippen LogP contribution in [0.25, 0.3) is 10.9 Å². The first-order valence-corrected chi connectivity index (χ1v) is 8.08. The molecule has 1 aromatic heterocycles. The highest BCUT2D eigenvalue weighted by Gasteiger charge is 2.40. The molecule has 0 amide bonds. The Morgan fingerprint density at radius 3 is 2.91 bits per heavy atom. The molecular formula is C19H17ClFN. The van der Waals surface area contributed by atoms with Crippen molar-refractivity contribution in [3.05, 3.63) is 70.1 Å². The lowest BCUT2D eigenvalue weighted by atomic mass is 9.73. The molecule has 1 atom stereocenters. The lowest BCUT2D eigenvalue weighted by Crippen LogP contribution is -2.23. The predicted octanol–water partition coefficient (Wildman–Crippen LogP) is 5.60. The molecule has 0 saturated heterocycles. The zero-order valence-electron chi connectivity index (χ0n) is 12.4. The molecule has 3 heteroatoms. The zero-order chi connectivity index (χ0) is 15.3. The van der Waals surface area contributed by atoms with Crippen LogP contribution < -0.4 is 0 Å². The molecule has 0 aliphatic heterocycles. The predicted molar refractivity (Wildman–Crippen MR) is 89.1 cm³/mol. The van der Waals surface area contributed by atoms with E-state index in [9.17, 15) is 4.39 Å². The molecule has 0 radical (unpaired) electrons. The van der Waals surface area contributed by atoms with Crippen LogP contribution in [0, 0.1) is 5.82 Å². The summed E-state index contributed by atoms with van der Waals surface area (Å²) in [5.41, 5.74) is 4.61. The standard InChI is InChI=1S/C19H17ClFN/c1-2-19(9-8-12-10-13(21)6-7-15(12)19)16-11-22-18-14(16)4-3-5-17(18)20/h3-7,10-11,22H,2,8-9H2,1H3. The smallest absolute Gasteiger partial charge is 0.123 e. The molecular weight excluding hydrogens is 297 g/mol. The number of nitrogens with one attached hydrogen (secondary N) is 1. The van der Waals surface area contributed by atoms with Crippen molar-refractivity contribution in [2.45, 2.75) is 31.6 Å². The van der Waals surface area contributed by atoms with Crippen molar-refractivity contribution >= 4 is 22.5 Å². The van der Waals surface area contributed by atoms with E-state index >= 15 is 0 Å². The Kier molecular flexibility index (Phi) is 3.05. The third kappa shape index (κ3) is 1.77. The number of aromatic nitrogens is 1. The fourth-order valence-electron chi connectivity index (χ4n) is 4.07. The summed E-state index contributed by atoms with van der Waals surface area (Å²) in [6.07, 6.45) is 5.01. The number of hydrogen-bond donors (Lipinski definition) is 1. The summed E-state index contributed by atoms with van der Waals surface area (Å²) in [6, 6.07) is 11.2. The maximum absolute atomic E-state index is 13.5. The fraction of sp³-hybridized carbons (Fsp3) is 0.263. The van der Waals surface area contributed by atoms with Crippen molar-refractivity contribution in [2.75, 3.05) is 0 Å². The normalized spacial score (nSPS) is 20.5. The van der Waals surface area contributed by atoms with Crippen LogP contribution in [0.15, 0.2) is 42.6 Å². The van der Waals surface area contributed by atoms with Gasteiger partial charge in [0.2, 0.25) is 0 Å². The number of halogens is 2. The van der Waals surface area contributed by atoms with Gasteiger partial charge in [0, 0.05) is 17.0 Å². The molecule has 0 bridgehead atoms. The van der Waals surface area contributed by atoms with Crippen LogP contribution >= 0.6 is 11.6 Å². The van der Waals surface area contributed by atoms with Crippen LogP contribution in [0.1, 0.15) is 36.5 Å². The van der Waals surface area contributed by atoms with E-state index in [2.05, 4.69) is 24.2 Å². The SMILES string of the molecule is CCC1(c2c[nH]c3c(Cl)cccc23)CCc2cc(F)ccc21. The van der Waals surface area contributed by atoms with Crippen molar-refractivity contribution in [2.24, 2.45) is 0 Å². The first-order chi connectivity index (χ1) is 10.7. The van der Waals surface area contributed by atoms with Crippen LogP contribution in [-0.2, 0) is 11.8 Å². The highest BCUT2D eigenvalue weighted by atomic mass is 35.5. The molecule has 1 aliphatic rings. The molecule has 0 spiro atoms. The summed E-state index contributed by atoms with van der Waals surface area (Å²) in [5.74, 6) is -0.146. The highest BCUT2D eigenvalue weighted by molar-refractivity contribution is 6.35. The van der Waals surface area contributed by atoms with Crippen LogP contribution in [0.5, 0.6) is 0 Å². The Bertz CT molecular complexity index is 867. The lowest BCUT2D eigenvalue weighted by Gasteiger charge is -2.29. The van der Waals surface area contributed by atoms with E-state index < -0.39 is 0 Å². The van der Waals surface area contributed by atoms with Crippen LogP contribution in [0.2, 0.25) is 5.02 Å². The van der Waals surface area contributed by atoms with Crippen molar-refractivity contribution in [1.82, 2.24) is 4.98 Å². The molecule has 1 aliphatic carbocycles.